The summed E-state index contributed by atoms with van der Waals surface area (Å²) in [4.78, 5) is 4.10. The first-order valence-corrected chi connectivity index (χ1v) is 21.1. The summed E-state index contributed by atoms with van der Waals surface area (Å²) >= 11 is 0. The molecule has 0 amide bonds. The third-order valence-corrected chi connectivity index (χ3v) is 11.6. The zero-order valence-electron chi connectivity index (χ0n) is 31.8. The van der Waals surface area contributed by atoms with Crippen LogP contribution in [0.3, 0.4) is 0 Å². The van der Waals surface area contributed by atoms with E-state index in [1.165, 1.54) is 24.3 Å². The summed E-state index contributed by atoms with van der Waals surface area (Å²) in [6.45, 7) is 16.8. The first kappa shape index (κ1) is 40.4. The fourth-order valence-corrected chi connectivity index (χ4v) is 8.06. The lowest BCUT2D eigenvalue weighted by Crippen LogP contribution is -2.22. The summed E-state index contributed by atoms with van der Waals surface area (Å²) in [6, 6.07) is 25.6. The number of benzene rings is 4. The van der Waals surface area contributed by atoms with Crippen LogP contribution in [0, 0.1) is 13.8 Å². The molecule has 0 unspecified atom stereocenters. The first-order valence-electron chi connectivity index (χ1n) is 18.2. The largest absolute Gasteiger partial charge is 0.367 e. The van der Waals surface area contributed by atoms with Crippen LogP contribution in [0.15, 0.2) is 125 Å². The molecule has 9 nitrogen and oxygen atoms in total. The summed E-state index contributed by atoms with van der Waals surface area (Å²) < 4.78 is 68.7. The van der Waals surface area contributed by atoms with Gasteiger partial charge in [0.15, 0.2) is 5.71 Å². The van der Waals surface area contributed by atoms with Crippen molar-refractivity contribution in [3.63, 3.8) is 0 Å². The van der Waals surface area contributed by atoms with Crippen molar-refractivity contribution in [3.05, 3.63) is 148 Å². The number of anilines is 2. The quantitative estimate of drug-likeness (QED) is 0.0973. The molecule has 2 N–H and O–H groups in total. The van der Waals surface area contributed by atoms with E-state index < -0.39 is 20.2 Å². The van der Waals surface area contributed by atoms with Crippen molar-refractivity contribution < 1.29 is 30.5 Å². The normalized spacial score (nSPS) is 13.0. The zero-order valence-corrected chi connectivity index (χ0v) is 33.5. The predicted molar refractivity (Wildman–Crippen MR) is 219 cm³/mol. The van der Waals surface area contributed by atoms with Gasteiger partial charge >= 0.3 is 0 Å². The van der Waals surface area contributed by atoms with Crippen molar-refractivity contribution in [2.75, 3.05) is 36.0 Å². The zero-order chi connectivity index (χ0) is 39.2. The van der Waals surface area contributed by atoms with Crippen LogP contribution < -0.4 is 9.80 Å². The fourth-order valence-electron chi connectivity index (χ4n) is 6.95. The summed E-state index contributed by atoms with van der Waals surface area (Å²) in [5.41, 5.74) is 11.2. The molecule has 0 saturated carbocycles. The lowest BCUT2D eigenvalue weighted by Gasteiger charge is -2.26. The predicted octanol–water partition coefficient (Wildman–Crippen LogP) is 8.27. The van der Waals surface area contributed by atoms with Crippen molar-refractivity contribution in [2.45, 2.75) is 64.4 Å². The fraction of sp³-hybridized carbons (Fsp3) is 0.279. The van der Waals surface area contributed by atoms with Crippen LogP contribution in [0.4, 0.5) is 11.4 Å². The van der Waals surface area contributed by atoms with Gasteiger partial charge in [0.1, 0.15) is 13.1 Å². The minimum absolute atomic E-state index is 0.122. The van der Waals surface area contributed by atoms with Crippen molar-refractivity contribution in [1.29, 1.82) is 0 Å². The van der Waals surface area contributed by atoms with Crippen LogP contribution in [-0.2, 0) is 33.3 Å². The van der Waals surface area contributed by atoms with Gasteiger partial charge in [-0.05, 0) is 147 Å². The molecule has 284 valence electrons. The molecule has 0 radical (unpaired) electrons. The second-order valence-electron chi connectivity index (χ2n) is 13.4. The van der Waals surface area contributed by atoms with Gasteiger partial charge in [-0.2, -0.15) is 16.8 Å². The standard InChI is InChI=1S/C43H49N3O6S2/c1-7-44(8-2)36-19-17-35(18-20-36)43(41-23-21-37(25-31(41)5)45(9-3)29-33-13-11-15-39(27-33)53(47,48)49)42-24-22-38(26-32(42)6)46(10-4)30-34-14-12-16-40(28-34)54(50,51)52/h11-28H,7-10,29-30H2,1-6H3,(H-,47,48,49,50,51,52)/p+1. The molecule has 11 heteroatoms. The van der Waals surface area contributed by atoms with E-state index in [1.807, 2.05) is 12.1 Å². The van der Waals surface area contributed by atoms with E-state index in [9.17, 15) is 25.9 Å². The molecule has 0 fully saturated rings. The molecule has 0 bridgehead atoms. The maximum Gasteiger partial charge on any atom is 0.294 e. The van der Waals surface area contributed by atoms with Gasteiger partial charge in [-0.15, -0.1) is 0 Å². The molecule has 4 aromatic rings. The van der Waals surface area contributed by atoms with E-state index in [2.05, 4.69) is 117 Å². The van der Waals surface area contributed by atoms with Gasteiger partial charge in [-0.3, -0.25) is 9.11 Å². The van der Waals surface area contributed by atoms with E-state index in [1.54, 1.807) is 12.1 Å². The molecule has 0 atom stereocenters. The van der Waals surface area contributed by atoms with E-state index in [-0.39, 0.29) is 9.79 Å². The summed E-state index contributed by atoms with van der Waals surface area (Å²) in [7, 11) is -8.61. The maximum absolute atomic E-state index is 11.8. The molecular weight excluding hydrogens is 719 g/mol. The Hall–Kier alpha value is -4.81. The minimum atomic E-state index is -4.31. The number of allylic oxidation sites excluding steroid dienone is 5. The average molecular weight is 769 g/mol. The Kier molecular flexibility index (Phi) is 12.8. The van der Waals surface area contributed by atoms with Crippen molar-refractivity contribution in [1.82, 2.24) is 0 Å². The number of aryl methyl sites for hydroxylation is 2. The van der Waals surface area contributed by atoms with E-state index in [4.69, 9.17) is 0 Å². The summed E-state index contributed by atoms with van der Waals surface area (Å²) in [5.74, 6) is 0. The molecule has 1 aliphatic rings. The number of nitrogens with zero attached hydrogens (tertiary/aromatic N) is 3. The summed E-state index contributed by atoms with van der Waals surface area (Å²) in [5, 5.41) is 0. The smallest absolute Gasteiger partial charge is 0.294 e. The highest BCUT2D eigenvalue weighted by atomic mass is 32.2. The van der Waals surface area contributed by atoms with E-state index >= 15 is 0 Å². The van der Waals surface area contributed by atoms with Gasteiger partial charge in [0.2, 0.25) is 0 Å². The van der Waals surface area contributed by atoms with Gasteiger partial charge in [-0.1, -0.05) is 36.4 Å². The van der Waals surface area contributed by atoms with Crippen molar-refractivity contribution >= 4 is 42.9 Å². The van der Waals surface area contributed by atoms with E-state index in [0.717, 1.165) is 74.7 Å². The third-order valence-electron chi connectivity index (χ3n) is 9.88. The molecular formula is C43H50N3O6S2+. The number of rotatable bonds is 14. The molecule has 0 spiro atoms. The Morgan fingerprint density at radius 3 is 1.37 bits per heavy atom. The van der Waals surface area contributed by atoms with Crippen LogP contribution in [0.2, 0.25) is 0 Å². The van der Waals surface area contributed by atoms with Crippen LogP contribution in [0.5, 0.6) is 0 Å². The van der Waals surface area contributed by atoms with Crippen LogP contribution in [0.1, 0.15) is 61.1 Å². The highest BCUT2D eigenvalue weighted by Crippen LogP contribution is 2.37. The molecule has 1 aliphatic carbocycles. The molecule has 4 aromatic carbocycles. The molecule has 0 aromatic heterocycles. The Labute approximate surface area is 320 Å². The van der Waals surface area contributed by atoms with Gasteiger partial charge in [0.05, 0.1) is 9.79 Å². The average Bonchev–Trinajstić information content (AvgIpc) is 3.14. The SMILES string of the molecule is CCN(Cc1cccc(S(=O)(=O)O)c1)c1ccc(C(=C2C=CC(=[N+](CC)CC)C=C2)c2ccc(N(CC)Cc3cccc(S(=O)(=O)O)c3)cc2C)c(C)c1. The lowest BCUT2D eigenvalue weighted by atomic mass is 9.86. The topological polar surface area (TPSA) is 118 Å². The monoisotopic (exact) mass is 768 g/mol. The molecule has 0 saturated heterocycles. The van der Waals surface area contributed by atoms with Gasteiger partial charge in [0.25, 0.3) is 20.2 Å². The number of hydrogen-bond donors (Lipinski definition) is 2. The second kappa shape index (κ2) is 17.1. The lowest BCUT2D eigenvalue weighted by molar-refractivity contribution is -0.519. The molecule has 0 aliphatic heterocycles. The Morgan fingerprint density at radius 1 is 0.593 bits per heavy atom. The Morgan fingerprint density at radius 2 is 1.02 bits per heavy atom. The van der Waals surface area contributed by atoms with Gasteiger partial charge < -0.3 is 9.80 Å². The number of hydrogen-bond acceptors (Lipinski definition) is 6. The first-order chi connectivity index (χ1) is 25.7. The highest BCUT2D eigenvalue weighted by Gasteiger charge is 2.20. The van der Waals surface area contributed by atoms with E-state index in [0.29, 0.717) is 26.2 Å². The van der Waals surface area contributed by atoms with Crippen LogP contribution in [0.25, 0.3) is 5.57 Å². The van der Waals surface area contributed by atoms with Crippen molar-refractivity contribution in [2.24, 2.45) is 0 Å². The minimum Gasteiger partial charge on any atom is -0.367 e. The Bertz CT molecular complexity index is 2220. The Balaban J connectivity index is 1.55. The summed E-state index contributed by atoms with van der Waals surface area (Å²) in [6.07, 6.45) is 8.72. The maximum atomic E-state index is 11.8. The van der Waals surface area contributed by atoms with Crippen LogP contribution >= 0.6 is 0 Å². The second-order valence-corrected chi connectivity index (χ2v) is 16.2. The highest BCUT2D eigenvalue weighted by molar-refractivity contribution is 7.86. The molecule has 0 heterocycles. The van der Waals surface area contributed by atoms with Crippen LogP contribution in [-0.4, -0.2) is 62.4 Å². The molecule has 54 heavy (non-hydrogen) atoms. The van der Waals surface area contributed by atoms with Crippen molar-refractivity contribution in [3.8, 4) is 0 Å². The van der Waals surface area contributed by atoms with Gasteiger partial charge in [-0.25, -0.2) is 4.58 Å². The third kappa shape index (κ3) is 9.46. The molecule has 5 rings (SSSR count). The van der Waals surface area contributed by atoms with Gasteiger partial charge in [0, 0.05) is 49.7 Å².